The van der Waals surface area contributed by atoms with Crippen molar-refractivity contribution in [2.75, 3.05) is 12.4 Å². The third-order valence-corrected chi connectivity index (χ3v) is 3.73. The van der Waals surface area contributed by atoms with Crippen LogP contribution in [0.4, 0.5) is 17.2 Å². The van der Waals surface area contributed by atoms with Gasteiger partial charge >= 0.3 is 11.6 Å². The highest BCUT2D eigenvalue weighted by Crippen LogP contribution is 2.38. The molecular formula is C19H18N4O4. The first-order valence-corrected chi connectivity index (χ1v) is 8.13. The molecule has 138 valence electrons. The topological polar surface area (TPSA) is 99.4 Å². The van der Waals surface area contributed by atoms with Crippen LogP contribution in [-0.4, -0.2) is 22.0 Å². The fourth-order valence-corrected chi connectivity index (χ4v) is 2.68. The van der Waals surface area contributed by atoms with Gasteiger partial charge in [-0.1, -0.05) is 18.2 Å². The van der Waals surface area contributed by atoms with Gasteiger partial charge in [-0.2, -0.15) is 4.98 Å². The number of anilines is 2. The van der Waals surface area contributed by atoms with Gasteiger partial charge in [0.1, 0.15) is 6.33 Å². The number of nitrogens with one attached hydrogen (secondary N) is 1. The van der Waals surface area contributed by atoms with Crippen molar-refractivity contribution >= 4 is 17.2 Å². The second kappa shape index (κ2) is 7.69. The number of aryl methyl sites for hydroxylation is 2. The van der Waals surface area contributed by atoms with Crippen LogP contribution in [-0.2, 0) is 0 Å². The van der Waals surface area contributed by atoms with Crippen LogP contribution in [0, 0.1) is 24.0 Å². The first-order chi connectivity index (χ1) is 13.0. The maximum absolute atomic E-state index is 11.7. The summed E-state index contributed by atoms with van der Waals surface area (Å²) in [5, 5.41) is 14.7. The molecule has 0 bridgehead atoms. The molecule has 1 aromatic heterocycles. The fourth-order valence-electron chi connectivity index (χ4n) is 2.68. The fraction of sp³-hybridized carbons (Fsp3) is 0.158. The molecule has 1 N–H and O–H groups in total. The van der Waals surface area contributed by atoms with Crippen LogP contribution in [0.25, 0.3) is 0 Å². The number of ether oxygens (including phenoxy) is 2. The van der Waals surface area contributed by atoms with E-state index in [0.717, 1.165) is 11.1 Å². The average Bonchev–Trinajstić information content (AvgIpc) is 2.61. The van der Waals surface area contributed by atoms with Gasteiger partial charge in [0.05, 0.1) is 12.0 Å². The molecule has 27 heavy (non-hydrogen) atoms. The minimum Gasteiger partial charge on any atom is -0.493 e. The smallest absolute Gasteiger partial charge is 0.373 e. The molecule has 1 heterocycles. The lowest BCUT2D eigenvalue weighted by Crippen LogP contribution is -2.04. The monoisotopic (exact) mass is 366 g/mol. The number of nitro groups is 1. The molecule has 0 amide bonds. The summed E-state index contributed by atoms with van der Waals surface area (Å²) < 4.78 is 10.9. The normalized spacial score (nSPS) is 10.3. The van der Waals surface area contributed by atoms with Gasteiger partial charge in [-0.3, -0.25) is 10.1 Å². The molecule has 2 aromatic carbocycles. The molecule has 0 aliphatic heterocycles. The number of para-hydroxylation sites is 2. The van der Waals surface area contributed by atoms with E-state index in [9.17, 15) is 10.1 Å². The van der Waals surface area contributed by atoms with E-state index >= 15 is 0 Å². The lowest BCUT2D eigenvalue weighted by atomic mass is 10.1. The maximum Gasteiger partial charge on any atom is 0.373 e. The van der Waals surface area contributed by atoms with Crippen LogP contribution in [0.1, 0.15) is 11.1 Å². The Labute approximate surface area is 156 Å². The summed E-state index contributed by atoms with van der Waals surface area (Å²) in [4.78, 5) is 19.1. The van der Waals surface area contributed by atoms with Crippen molar-refractivity contribution in [1.29, 1.82) is 0 Å². The van der Waals surface area contributed by atoms with Gasteiger partial charge in [0.15, 0.2) is 11.5 Å². The Hall–Kier alpha value is -3.68. The van der Waals surface area contributed by atoms with Crippen molar-refractivity contribution in [1.82, 2.24) is 9.97 Å². The van der Waals surface area contributed by atoms with Crippen molar-refractivity contribution in [3.05, 3.63) is 70.0 Å². The molecule has 0 fully saturated rings. The molecule has 0 aliphatic carbocycles. The Morgan fingerprint density at radius 3 is 2.33 bits per heavy atom. The van der Waals surface area contributed by atoms with Gasteiger partial charge in [-0.15, -0.1) is 0 Å². The number of methoxy groups -OCH3 is 1. The maximum atomic E-state index is 11.7. The first kappa shape index (κ1) is 18.1. The van der Waals surface area contributed by atoms with Gasteiger partial charge in [0.25, 0.3) is 0 Å². The SMILES string of the molecule is COc1ccccc1Oc1ncnc(Nc2cc(C)cc(C)c2)c1[N+](=O)[O-]. The lowest BCUT2D eigenvalue weighted by Gasteiger charge is -2.12. The van der Waals surface area contributed by atoms with E-state index in [0.29, 0.717) is 17.2 Å². The van der Waals surface area contributed by atoms with E-state index in [1.165, 1.54) is 13.4 Å². The van der Waals surface area contributed by atoms with E-state index in [1.807, 2.05) is 32.0 Å². The zero-order valence-corrected chi connectivity index (χ0v) is 15.1. The summed E-state index contributed by atoms with van der Waals surface area (Å²) in [6, 6.07) is 12.6. The van der Waals surface area contributed by atoms with Gasteiger partial charge in [0.2, 0.25) is 5.82 Å². The number of hydrogen-bond acceptors (Lipinski definition) is 7. The Morgan fingerprint density at radius 2 is 1.70 bits per heavy atom. The molecule has 0 radical (unpaired) electrons. The summed E-state index contributed by atoms with van der Waals surface area (Å²) in [5.41, 5.74) is 2.39. The Morgan fingerprint density at radius 1 is 1.04 bits per heavy atom. The second-order valence-electron chi connectivity index (χ2n) is 5.89. The van der Waals surface area contributed by atoms with Crippen molar-refractivity contribution in [2.24, 2.45) is 0 Å². The second-order valence-corrected chi connectivity index (χ2v) is 5.89. The highest BCUT2D eigenvalue weighted by Gasteiger charge is 2.26. The Balaban J connectivity index is 2.01. The summed E-state index contributed by atoms with van der Waals surface area (Å²) >= 11 is 0. The number of nitrogens with zero attached hydrogens (tertiary/aromatic N) is 3. The van der Waals surface area contributed by atoms with Crippen molar-refractivity contribution < 1.29 is 14.4 Å². The van der Waals surface area contributed by atoms with Gasteiger partial charge in [0, 0.05) is 5.69 Å². The molecule has 0 saturated carbocycles. The van der Waals surface area contributed by atoms with Crippen LogP contribution in [0.5, 0.6) is 17.4 Å². The van der Waals surface area contributed by atoms with Crippen molar-refractivity contribution in [2.45, 2.75) is 13.8 Å². The van der Waals surface area contributed by atoms with Crippen LogP contribution < -0.4 is 14.8 Å². The highest BCUT2D eigenvalue weighted by molar-refractivity contribution is 5.69. The number of benzene rings is 2. The summed E-state index contributed by atoms with van der Waals surface area (Å²) in [5.74, 6) is 0.629. The number of rotatable bonds is 6. The standard InChI is InChI=1S/C19H18N4O4/c1-12-8-13(2)10-14(9-12)22-18-17(23(24)25)19(21-11-20-18)27-16-7-5-4-6-15(16)26-3/h4-11H,1-3H3,(H,20,21,22). The third kappa shape index (κ3) is 4.12. The van der Waals surface area contributed by atoms with Crippen molar-refractivity contribution in [3.8, 4) is 17.4 Å². The summed E-state index contributed by atoms with van der Waals surface area (Å²) in [6.45, 7) is 3.89. The van der Waals surface area contributed by atoms with E-state index in [1.54, 1.807) is 24.3 Å². The molecule has 0 unspecified atom stereocenters. The largest absolute Gasteiger partial charge is 0.493 e. The van der Waals surface area contributed by atoms with Crippen LogP contribution in [0.15, 0.2) is 48.8 Å². The van der Waals surface area contributed by atoms with Crippen LogP contribution in [0.2, 0.25) is 0 Å². The van der Waals surface area contributed by atoms with Gasteiger partial charge in [-0.25, -0.2) is 4.98 Å². The molecule has 8 nitrogen and oxygen atoms in total. The lowest BCUT2D eigenvalue weighted by molar-refractivity contribution is -0.385. The zero-order chi connectivity index (χ0) is 19.4. The molecular weight excluding hydrogens is 348 g/mol. The zero-order valence-electron chi connectivity index (χ0n) is 15.1. The minimum absolute atomic E-state index is 0.0462. The predicted octanol–water partition coefficient (Wildman–Crippen LogP) is 4.55. The molecule has 0 aliphatic rings. The highest BCUT2D eigenvalue weighted by atomic mass is 16.6. The summed E-state index contributed by atoms with van der Waals surface area (Å²) in [7, 11) is 1.49. The molecule has 0 saturated heterocycles. The van der Waals surface area contributed by atoms with Crippen molar-refractivity contribution in [3.63, 3.8) is 0 Å². The van der Waals surface area contributed by atoms with Gasteiger partial charge < -0.3 is 14.8 Å². The number of aromatic nitrogens is 2. The van der Waals surface area contributed by atoms with Crippen LogP contribution >= 0.6 is 0 Å². The molecule has 3 rings (SSSR count). The molecule has 0 spiro atoms. The molecule has 3 aromatic rings. The quantitative estimate of drug-likeness (QED) is 0.505. The average molecular weight is 366 g/mol. The van der Waals surface area contributed by atoms with Crippen LogP contribution in [0.3, 0.4) is 0 Å². The summed E-state index contributed by atoms with van der Waals surface area (Å²) in [6.07, 6.45) is 1.21. The van der Waals surface area contributed by atoms with Gasteiger partial charge in [-0.05, 0) is 49.2 Å². The Bertz CT molecular complexity index is 971. The third-order valence-electron chi connectivity index (χ3n) is 3.73. The predicted molar refractivity (Wildman–Crippen MR) is 101 cm³/mol. The first-order valence-electron chi connectivity index (χ1n) is 8.13. The number of hydrogen-bond donors (Lipinski definition) is 1. The van der Waals surface area contributed by atoms with E-state index in [2.05, 4.69) is 15.3 Å². The van der Waals surface area contributed by atoms with E-state index in [4.69, 9.17) is 9.47 Å². The van der Waals surface area contributed by atoms with E-state index in [-0.39, 0.29) is 17.4 Å². The molecule has 8 heteroatoms. The van der Waals surface area contributed by atoms with E-state index < -0.39 is 4.92 Å². The Kier molecular flexibility index (Phi) is 5.16. The minimum atomic E-state index is -0.574. The molecule has 0 atom stereocenters.